The molecule has 2 nitrogen and oxygen atoms in total. The van der Waals surface area contributed by atoms with Crippen molar-refractivity contribution in [3.63, 3.8) is 0 Å². The minimum absolute atomic E-state index is 1.12. The summed E-state index contributed by atoms with van der Waals surface area (Å²) in [5.74, 6) is 0. The highest BCUT2D eigenvalue weighted by Crippen LogP contribution is 2.45. The van der Waals surface area contributed by atoms with Gasteiger partial charge in [-0.2, -0.15) is 5.10 Å². The molecule has 0 aliphatic carbocycles. The third-order valence-corrected chi connectivity index (χ3v) is 7.63. The number of hydrogen-bond donors (Lipinski definition) is 0. The Hall–Kier alpha value is -4.95. The van der Waals surface area contributed by atoms with Gasteiger partial charge in [-0.3, -0.25) is 0 Å². The molecule has 0 unspecified atom stereocenters. The maximum Gasteiger partial charge on any atom is 0.0748 e. The average Bonchev–Trinajstić information content (AvgIpc) is 3.40. The van der Waals surface area contributed by atoms with Crippen LogP contribution in [0.4, 0.5) is 0 Å². The average molecular weight is 471 g/mol. The lowest BCUT2D eigenvalue weighted by molar-refractivity contribution is 1.00. The third-order valence-electron chi connectivity index (χ3n) is 7.63. The fourth-order valence-corrected chi connectivity index (χ4v) is 5.97. The fraction of sp³-hybridized carbons (Fsp3) is 0. The van der Waals surface area contributed by atoms with E-state index in [0.29, 0.717) is 0 Å². The number of rotatable bonds is 2. The van der Waals surface area contributed by atoms with Gasteiger partial charge in [0, 0.05) is 16.5 Å². The Morgan fingerprint density at radius 3 is 1.73 bits per heavy atom. The molecule has 0 atom stereocenters. The van der Waals surface area contributed by atoms with Crippen molar-refractivity contribution in [2.75, 3.05) is 0 Å². The molecule has 2 aromatic heterocycles. The molecule has 0 fully saturated rings. The Labute approximate surface area is 214 Å². The number of para-hydroxylation sites is 1. The Balaban J connectivity index is 1.51. The summed E-state index contributed by atoms with van der Waals surface area (Å²) in [6.45, 7) is 0. The number of aromatic nitrogens is 2. The second-order valence-corrected chi connectivity index (χ2v) is 9.65. The summed E-state index contributed by atoms with van der Waals surface area (Å²) in [4.78, 5) is 0. The van der Waals surface area contributed by atoms with Crippen molar-refractivity contribution in [2.45, 2.75) is 0 Å². The second kappa shape index (κ2) is 7.78. The van der Waals surface area contributed by atoms with Gasteiger partial charge in [0.2, 0.25) is 0 Å². The normalized spacial score (nSPS) is 11.8. The van der Waals surface area contributed by atoms with E-state index in [-0.39, 0.29) is 0 Å². The molecule has 2 heteroatoms. The quantitative estimate of drug-likeness (QED) is 0.230. The van der Waals surface area contributed by atoms with Gasteiger partial charge in [-0.1, -0.05) is 109 Å². The topological polar surface area (TPSA) is 17.3 Å². The molecule has 0 aliphatic rings. The zero-order valence-corrected chi connectivity index (χ0v) is 20.1. The molecule has 0 N–H and O–H groups in total. The van der Waals surface area contributed by atoms with Gasteiger partial charge in [-0.05, 0) is 61.6 Å². The van der Waals surface area contributed by atoms with Crippen molar-refractivity contribution in [3.05, 3.63) is 134 Å². The van der Waals surface area contributed by atoms with Crippen molar-refractivity contribution >= 4 is 48.7 Å². The largest absolute Gasteiger partial charge is 0.232 e. The van der Waals surface area contributed by atoms with Gasteiger partial charge >= 0.3 is 0 Å². The number of hydrogen-bond acceptors (Lipinski definition) is 1. The van der Waals surface area contributed by atoms with Gasteiger partial charge in [0.15, 0.2) is 0 Å². The predicted molar refractivity (Wildman–Crippen MR) is 156 cm³/mol. The van der Waals surface area contributed by atoms with E-state index < -0.39 is 0 Å². The van der Waals surface area contributed by atoms with Crippen LogP contribution in [0.2, 0.25) is 0 Å². The number of fused-ring (bicyclic) bond motifs is 6. The summed E-state index contributed by atoms with van der Waals surface area (Å²) in [7, 11) is 0. The monoisotopic (exact) mass is 470 g/mol. The summed E-state index contributed by atoms with van der Waals surface area (Å²) in [5.41, 5.74) is 7.15. The van der Waals surface area contributed by atoms with E-state index in [1.807, 2.05) is 6.20 Å². The lowest BCUT2D eigenvalue weighted by Crippen LogP contribution is -1.92. The van der Waals surface area contributed by atoms with Crippen LogP contribution in [-0.4, -0.2) is 9.61 Å². The van der Waals surface area contributed by atoms with E-state index in [2.05, 4.69) is 132 Å². The minimum Gasteiger partial charge on any atom is -0.232 e. The molecule has 0 radical (unpaired) electrons. The van der Waals surface area contributed by atoms with Crippen LogP contribution in [0.3, 0.4) is 0 Å². The molecular weight excluding hydrogens is 448 g/mol. The molecule has 37 heavy (non-hydrogen) atoms. The standard InChI is InChI=1S/C35H22N2/c1-2-11-25-21-26(18-17-23(25)9-1)34-27-12-4-6-14-29(27)35(30-15-7-5-13-28(30)34)31-22-36-37-32-16-8-3-10-24(32)19-20-33(31)37/h1-22H. The zero-order chi connectivity index (χ0) is 24.3. The molecule has 0 spiro atoms. The fourth-order valence-electron chi connectivity index (χ4n) is 5.97. The van der Waals surface area contributed by atoms with E-state index in [1.54, 1.807) is 0 Å². The zero-order valence-electron chi connectivity index (χ0n) is 20.1. The number of nitrogens with zero attached hydrogens (tertiary/aromatic N) is 2. The van der Waals surface area contributed by atoms with Gasteiger partial charge < -0.3 is 0 Å². The Morgan fingerprint density at radius 2 is 1.00 bits per heavy atom. The van der Waals surface area contributed by atoms with Gasteiger partial charge in [-0.15, -0.1) is 0 Å². The maximum absolute atomic E-state index is 4.87. The second-order valence-electron chi connectivity index (χ2n) is 9.65. The molecule has 8 aromatic rings. The van der Waals surface area contributed by atoms with Gasteiger partial charge in [0.1, 0.15) is 0 Å². The van der Waals surface area contributed by atoms with Crippen LogP contribution in [0.1, 0.15) is 0 Å². The van der Waals surface area contributed by atoms with E-state index in [9.17, 15) is 0 Å². The Morgan fingerprint density at radius 1 is 0.432 bits per heavy atom. The third kappa shape index (κ3) is 2.96. The number of benzene rings is 6. The van der Waals surface area contributed by atoms with Crippen molar-refractivity contribution < 1.29 is 0 Å². The predicted octanol–water partition coefficient (Wildman–Crippen LogP) is 9.28. The van der Waals surface area contributed by atoms with Crippen LogP contribution in [0.5, 0.6) is 0 Å². The molecule has 0 saturated carbocycles. The molecule has 0 bridgehead atoms. The summed E-state index contributed by atoms with van der Waals surface area (Å²) in [6, 6.07) is 45.8. The first-order chi connectivity index (χ1) is 18.4. The van der Waals surface area contributed by atoms with Crippen LogP contribution < -0.4 is 0 Å². The Bertz CT molecular complexity index is 2090. The maximum atomic E-state index is 4.87. The SMILES string of the molecule is c1ccc2cc(-c3c4ccccc4c(-c4cnn5c4ccc4ccccc45)c4ccccc34)ccc2c1. The van der Waals surface area contributed by atoms with E-state index in [1.165, 1.54) is 54.4 Å². The first-order valence-electron chi connectivity index (χ1n) is 12.7. The van der Waals surface area contributed by atoms with Crippen LogP contribution in [0.25, 0.3) is 71.0 Å². The molecule has 8 rings (SSSR count). The molecule has 0 aliphatic heterocycles. The molecule has 172 valence electrons. The van der Waals surface area contributed by atoms with Gasteiger partial charge in [-0.25, -0.2) is 4.52 Å². The molecule has 2 heterocycles. The lowest BCUT2D eigenvalue weighted by atomic mass is 9.86. The first kappa shape index (κ1) is 20.3. The first-order valence-corrected chi connectivity index (χ1v) is 12.7. The highest BCUT2D eigenvalue weighted by molar-refractivity contribution is 6.22. The summed E-state index contributed by atoms with van der Waals surface area (Å²) < 4.78 is 2.07. The van der Waals surface area contributed by atoms with Crippen LogP contribution in [0, 0.1) is 0 Å². The highest BCUT2D eigenvalue weighted by Gasteiger charge is 2.19. The van der Waals surface area contributed by atoms with Crippen molar-refractivity contribution in [1.82, 2.24) is 9.61 Å². The molecular formula is C35H22N2. The van der Waals surface area contributed by atoms with Crippen molar-refractivity contribution in [1.29, 1.82) is 0 Å². The van der Waals surface area contributed by atoms with Gasteiger partial charge in [0.25, 0.3) is 0 Å². The number of pyridine rings is 1. The smallest absolute Gasteiger partial charge is 0.0748 e. The summed E-state index contributed by atoms with van der Waals surface area (Å²) >= 11 is 0. The molecule has 6 aromatic carbocycles. The molecule has 0 saturated heterocycles. The summed E-state index contributed by atoms with van der Waals surface area (Å²) in [5, 5.41) is 13.6. The lowest BCUT2D eigenvalue weighted by Gasteiger charge is -2.17. The minimum atomic E-state index is 1.12. The van der Waals surface area contributed by atoms with Crippen LogP contribution in [0.15, 0.2) is 134 Å². The highest BCUT2D eigenvalue weighted by atomic mass is 15.2. The van der Waals surface area contributed by atoms with E-state index in [4.69, 9.17) is 5.10 Å². The van der Waals surface area contributed by atoms with Crippen LogP contribution in [-0.2, 0) is 0 Å². The van der Waals surface area contributed by atoms with E-state index >= 15 is 0 Å². The van der Waals surface area contributed by atoms with E-state index in [0.717, 1.165) is 16.6 Å². The van der Waals surface area contributed by atoms with Crippen LogP contribution >= 0.6 is 0 Å². The van der Waals surface area contributed by atoms with Gasteiger partial charge in [0.05, 0.1) is 17.2 Å². The van der Waals surface area contributed by atoms with Crippen molar-refractivity contribution in [3.8, 4) is 22.3 Å². The summed E-state index contributed by atoms with van der Waals surface area (Å²) in [6.07, 6.45) is 2.03. The van der Waals surface area contributed by atoms with Crippen molar-refractivity contribution in [2.24, 2.45) is 0 Å². The molecule has 0 amide bonds. The Kier molecular flexibility index (Phi) is 4.26.